The second-order valence-electron chi connectivity index (χ2n) is 5.06. The number of nitrogens with two attached hydrogens (primary N) is 1. The van der Waals surface area contributed by atoms with E-state index < -0.39 is 12.0 Å². The topological polar surface area (TPSA) is 72.6 Å². The van der Waals surface area contributed by atoms with Gasteiger partial charge >= 0.3 is 0 Å². The smallest absolute Gasteiger partial charge is 0.260 e. The molecule has 0 fully saturated rings. The summed E-state index contributed by atoms with van der Waals surface area (Å²) in [4.78, 5) is 26.8. The van der Waals surface area contributed by atoms with Crippen LogP contribution in [0.5, 0.6) is 5.75 Å². The quantitative estimate of drug-likeness (QED) is 0.937. The molecule has 2 aromatic rings. The molecule has 1 aromatic heterocycles. The van der Waals surface area contributed by atoms with E-state index in [1.807, 2.05) is 29.6 Å². The van der Waals surface area contributed by atoms with Crippen LogP contribution in [0.4, 0.5) is 5.69 Å². The summed E-state index contributed by atoms with van der Waals surface area (Å²) in [7, 11) is 0. The van der Waals surface area contributed by atoms with Crippen LogP contribution >= 0.6 is 11.3 Å². The zero-order valence-corrected chi connectivity index (χ0v) is 12.7. The van der Waals surface area contributed by atoms with Gasteiger partial charge in [-0.3, -0.25) is 9.59 Å². The zero-order valence-electron chi connectivity index (χ0n) is 11.9. The van der Waals surface area contributed by atoms with Crippen molar-refractivity contribution in [2.45, 2.75) is 18.9 Å². The first-order valence-electron chi connectivity index (χ1n) is 7.03. The number of carbonyl (C=O) groups excluding carboxylic acids is 2. The van der Waals surface area contributed by atoms with Crippen molar-refractivity contribution in [3.63, 3.8) is 0 Å². The summed E-state index contributed by atoms with van der Waals surface area (Å²) in [6.07, 6.45) is 0.276. The van der Waals surface area contributed by atoms with Gasteiger partial charge in [-0.1, -0.05) is 18.2 Å². The summed E-state index contributed by atoms with van der Waals surface area (Å²) in [5, 5.41) is 1.99. The second-order valence-corrected chi connectivity index (χ2v) is 6.09. The molecule has 1 aliphatic rings. The van der Waals surface area contributed by atoms with E-state index in [0.29, 0.717) is 24.3 Å². The fourth-order valence-electron chi connectivity index (χ4n) is 2.44. The molecule has 0 bridgehead atoms. The molecule has 1 aliphatic heterocycles. The Morgan fingerprint density at radius 3 is 2.82 bits per heavy atom. The number of amides is 2. The van der Waals surface area contributed by atoms with E-state index in [9.17, 15) is 9.59 Å². The highest BCUT2D eigenvalue weighted by atomic mass is 32.1. The van der Waals surface area contributed by atoms with Gasteiger partial charge in [0.1, 0.15) is 5.75 Å². The molecule has 0 unspecified atom stereocenters. The maximum Gasteiger partial charge on any atom is 0.260 e. The molecular weight excluding hydrogens is 300 g/mol. The van der Waals surface area contributed by atoms with E-state index in [1.165, 1.54) is 4.88 Å². The molecule has 0 saturated carbocycles. The van der Waals surface area contributed by atoms with Crippen molar-refractivity contribution in [3.8, 4) is 5.75 Å². The summed E-state index contributed by atoms with van der Waals surface area (Å²) >= 11 is 1.63. The molecule has 0 aliphatic carbocycles. The number of hydrogen-bond acceptors (Lipinski definition) is 4. The van der Waals surface area contributed by atoms with Crippen LogP contribution in [0.25, 0.3) is 0 Å². The summed E-state index contributed by atoms with van der Waals surface area (Å²) < 4.78 is 5.56. The van der Waals surface area contributed by atoms with E-state index in [4.69, 9.17) is 10.5 Å². The number of thiophene rings is 1. The number of primary amides is 1. The van der Waals surface area contributed by atoms with Crippen molar-refractivity contribution in [2.75, 3.05) is 11.4 Å². The maximum atomic E-state index is 12.5. The fraction of sp³-hybridized carbons (Fsp3) is 0.250. The van der Waals surface area contributed by atoms with Crippen molar-refractivity contribution < 1.29 is 14.3 Å². The van der Waals surface area contributed by atoms with Crippen molar-refractivity contribution in [1.29, 1.82) is 0 Å². The Hall–Kier alpha value is -2.34. The molecular formula is C16H16N2O3S. The number of anilines is 1. The van der Waals surface area contributed by atoms with Gasteiger partial charge in [0.25, 0.3) is 5.91 Å². The number of ether oxygens (including phenoxy) is 1. The number of nitrogens with zero attached hydrogens (tertiary/aromatic N) is 1. The van der Waals surface area contributed by atoms with Crippen molar-refractivity contribution >= 4 is 28.8 Å². The molecule has 0 radical (unpaired) electrons. The van der Waals surface area contributed by atoms with Crippen molar-refractivity contribution in [2.24, 2.45) is 5.73 Å². The Morgan fingerprint density at radius 2 is 2.09 bits per heavy atom. The molecule has 2 heterocycles. The van der Waals surface area contributed by atoms with Crippen LogP contribution in [-0.2, 0) is 16.0 Å². The van der Waals surface area contributed by atoms with Crippen LogP contribution in [-0.4, -0.2) is 24.5 Å². The van der Waals surface area contributed by atoms with Crippen LogP contribution in [0.1, 0.15) is 11.3 Å². The summed E-state index contributed by atoms with van der Waals surface area (Å²) in [5.74, 6) is -0.0806. The number of fused-ring (bicyclic) bond motifs is 1. The number of para-hydroxylation sites is 2. The lowest BCUT2D eigenvalue weighted by Gasteiger charge is -2.33. The van der Waals surface area contributed by atoms with E-state index in [0.717, 1.165) is 0 Å². The predicted molar refractivity (Wildman–Crippen MR) is 85.0 cm³/mol. The van der Waals surface area contributed by atoms with Gasteiger partial charge < -0.3 is 15.4 Å². The molecule has 114 valence electrons. The van der Waals surface area contributed by atoms with Gasteiger partial charge in [0.15, 0.2) is 6.10 Å². The maximum absolute atomic E-state index is 12.5. The molecule has 22 heavy (non-hydrogen) atoms. The average Bonchev–Trinajstić information content (AvgIpc) is 3.04. The van der Waals surface area contributed by atoms with Crippen LogP contribution in [0.15, 0.2) is 41.8 Å². The van der Waals surface area contributed by atoms with Crippen molar-refractivity contribution in [3.05, 3.63) is 46.7 Å². The lowest BCUT2D eigenvalue weighted by atomic mass is 10.1. The molecule has 0 saturated heterocycles. The Kier molecular flexibility index (Phi) is 4.11. The third-order valence-electron chi connectivity index (χ3n) is 3.56. The van der Waals surface area contributed by atoms with Crippen molar-refractivity contribution in [1.82, 2.24) is 0 Å². The zero-order chi connectivity index (χ0) is 15.5. The van der Waals surface area contributed by atoms with Gasteiger partial charge in [0.05, 0.1) is 12.2 Å². The Bertz CT molecular complexity index is 684. The highest BCUT2D eigenvalue weighted by Gasteiger charge is 2.32. The van der Waals surface area contributed by atoms with Gasteiger partial charge in [-0.15, -0.1) is 11.3 Å². The summed E-state index contributed by atoms with van der Waals surface area (Å²) in [5.41, 5.74) is 6.03. The van der Waals surface area contributed by atoms with Gasteiger partial charge in [-0.25, -0.2) is 0 Å². The highest BCUT2D eigenvalue weighted by Crippen LogP contribution is 2.33. The monoisotopic (exact) mass is 316 g/mol. The summed E-state index contributed by atoms with van der Waals surface area (Å²) in [6, 6.07) is 11.2. The van der Waals surface area contributed by atoms with Crippen LogP contribution in [0.2, 0.25) is 0 Å². The van der Waals surface area contributed by atoms with Gasteiger partial charge in [-0.05, 0) is 30.0 Å². The van der Waals surface area contributed by atoms with Gasteiger partial charge in [0.2, 0.25) is 5.91 Å². The number of carbonyl (C=O) groups is 2. The molecule has 2 N–H and O–H groups in total. The van der Waals surface area contributed by atoms with Gasteiger partial charge in [-0.2, -0.15) is 0 Å². The number of hydrogen-bond donors (Lipinski definition) is 1. The normalized spacial score (nSPS) is 16.7. The highest BCUT2D eigenvalue weighted by molar-refractivity contribution is 7.09. The molecule has 1 atom stereocenters. The lowest BCUT2D eigenvalue weighted by Crippen LogP contribution is -2.49. The Balaban J connectivity index is 1.78. The summed E-state index contributed by atoms with van der Waals surface area (Å²) in [6.45, 7) is 0.162. The molecule has 3 rings (SSSR count). The van der Waals surface area contributed by atoms with Crippen LogP contribution in [0, 0.1) is 0 Å². The molecule has 2 amide bonds. The number of benzene rings is 1. The fourth-order valence-corrected chi connectivity index (χ4v) is 3.15. The largest absolute Gasteiger partial charge is 0.477 e. The second kappa shape index (κ2) is 6.19. The minimum atomic E-state index is -0.805. The Labute approximate surface area is 132 Å². The minimum absolute atomic E-state index is 0.0320. The number of rotatable bonds is 4. The predicted octanol–water partition coefficient (Wildman–Crippen LogP) is 1.96. The molecule has 6 heteroatoms. The first-order chi connectivity index (χ1) is 10.6. The van der Waals surface area contributed by atoms with E-state index in [2.05, 4.69) is 0 Å². The SMILES string of the molecule is NC(=O)[C@H]1CN(C(=O)CCc2cccs2)c2ccccc2O1. The minimum Gasteiger partial charge on any atom is -0.477 e. The molecule has 0 spiro atoms. The molecule has 5 nitrogen and oxygen atoms in total. The number of aryl methyl sites for hydroxylation is 1. The standard InChI is InChI=1S/C16H16N2O3S/c17-16(20)14-10-18(12-5-1-2-6-13(12)21-14)15(19)8-7-11-4-3-9-22-11/h1-6,9,14H,7-8,10H2,(H2,17,20)/t14-/m1/s1. The third-order valence-corrected chi connectivity index (χ3v) is 4.49. The molecule has 1 aromatic carbocycles. The first-order valence-corrected chi connectivity index (χ1v) is 7.91. The van der Waals surface area contributed by atoms with E-state index in [-0.39, 0.29) is 12.5 Å². The van der Waals surface area contributed by atoms with E-state index >= 15 is 0 Å². The van der Waals surface area contributed by atoms with Gasteiger partial charge in [0, 0.05) is 11.3 Å². The van der Waals surface area contributed by atoms with Crippen LogP contribution < -0.4 is 15.4 Å². The lowest BCUT2D eigenvalue weighted by molar-refractivity contribution is -0.125. The third kappa shape index (κ3) is 2.96. The van der Waals surface area contributed by atoms with Crippen LogP contribution in [0.3, 0.4) is 0 Å². The Morgan fingerprint density at radius 1 is 1.27 bits per heavy atom. The average molecular weight is 316 g/mol. The van der Waals surface area contributed by atoms with E-state index in [1.54, 1.807) is 28.4 Å². The first kappa shape index (κ1) is 14.6.